The summed E-state index contributed by atoms with van der Waals surface area (Å²) in [6.45, 7) is 8.96. The van der Waals surface area contributed by atoms with Gasteiger partial charge in [-0.3, -0.25) is 4.98 Å². The van der Waals surface area contributed by atoms with E-state index in [-0.39, 0.29) is 40.0 Å². The van der Waals surface area contributed by atoms with Crippen LogP contribution in [0, 0.1) is 12.1 Å². The summed E-state index contributed by atoms with van der Waals surface area (Å²) in [5.41, 5.74) is 10.3. The molecule has 0 bridgehead atoms. The van der Waals surface area contributed by atoms with Gasteiger partial charge in [0.2, 0.25) is 0 Å². The Labute approximate surface area is 270 Å². The largest absolute Gasteiger partial charge is 0.507 e. The molecule has 1 aromatic heterocycles. The molecule has 6 rings (SSSR count). The van der Waals surface area contributed by atoms with Gasteiger partial charge in [-0.2, -0.15) is 42.0 Å². The summed E-state index contributed by atoms with van der Waals surface area (Å²) in [6, 6.07) is 43.6. The number of phenolic OH excluding ortho intramolecular Hbond substituents is 1. The van der Waals surface area contributed by atoms with Crippen LogP contribution in [0.25, 0.3) is 50.6 Å². The summed E-state index contributed by atoms with van der Waals surface area (Å²) in [5.74, 6) is 1.41. The molecule has 0 aliphatic carbocycles. The zero-order valence-corrected chi connectivity index (χ0v) is 26.9. The summed E-state index contributed by atoms with van der Waals surface area (Å²) >= 11 is 0. The van der Waals surface area contributed by atoms with Crippen molar-refractivity contribution in [2.24, 2.45) is 0 Å². The van der Waals surface area contributed by atoms with E-state index < -0.39 is 0 Å². The number of nitrogens with zero attached hydrogens (tertiary/aromatic N) is 2. The van der Waals surface area contributed by atoms with Crippen LogP contribution < -0.4 is 0 Å². The topological polar surface area (TPSA) is 38.0 Å². The quantitative estimate of drug-likeness (QED) is 0.131. The van der Waals surface area contributed by atoms with Crippen molar-refractivity contribution in [3.8, 4) is 56.3 Å². The summed E-state index contributed by atoms with van der Waals surface area (Å²) < 4.78 is 2.18. The molecule has 5 aromatic carbocycles. The zero-order valence-electron chi connectivity index (χ0n) is 24.8. The predicted octanol–water partition coefficient (Wildman–Crippen LogP) is 10.1. The number of benzene rings is 5. The summed E-state index contributed by atoms with van der Waals surface area (Å²) in [6.07, 6.45) is 2.10. The fraction of sp³-hybridized carbons (Fsp3) is 0.154. The molecule has 4 heteroatoms. The van der Waals surface area contributed by atoms with E-state index in [1.165, 1.54) is 22.3 Å². The molecule has 0 aliphatic rings. The summed E-state index contributed by atoms with van der Waals surface area (Å²) in [4.78, 5) is 5.17. The second-order valence-electron chi connectivity index (χ2n) is 11.3. The van der Waals surface area contributed by atoms with Gasteiger partial charge in [-0.25, -0.2) is 5.56 Å². The van der Waals surface area contributed by atoms with Gasteiger partial charge < -0.3 is 9.67 Å². The van der Waals surface area contributed by atoms with E-state index in [1.807, 2.05) is 60.7 Å². The molecule has 1 heterocycles. The molecule has 1 N–H and O–H groups in total. The standard InChI is InChI=1S/C39H34N2O.Au/c1-26(2)34-23-32(29-16-9-6-10-17-29)24-35(27(3)4)38(34)41-25-36(40-39(41)33-20-11-12-21-37(33)42)31-19-13-18-30(22-31)28-14-7-5-8-15-28;/h5-14,16-21,23-27,42H,1-4H3;/q-2;. The SMILES string of the molecule is CC(C)c1cc(-c2ccccc2)cc(C(C)C)c1-n1cc(-c2[c-]c(-c3[c-]cccc3)ccc2)nc1-c1ccccc1O.[Au]. The Bertz CT molecular complexity index is 1810. The number of imidazole rings is 1. The Kier molecular flexibility index (Phi) is 9.17. The maximum atomic E-state index is 11.0. The minimum absolute atomic E-state index is 0. The number of aromatic nitrogens is 2. The second-order valence-corrected chi connectivity index (χ2v) is 11.3. The Hall–Kier alpha value is -4.15. The average molecular weight is 744 g/mol. The van der Waals surface area contributed by atoms with Crippen LogP contribution in [-0.2, 0) is 22.4 Å². The molecule has 0 spiro atoms. The number of hydrogen-bond donors (Lipinski definition) is 1. The van der Waals surface area contributed by atoms with E-state index >= 15 is 0 Å². The van der Waals surface area contributed by atoms with Crippen LogP contribution in [0.15, 0.2) is 115 Å². The molecule has 0 saturated carbocycles. The van der Waals surface area contributed by atoms with Crippen LogP contribution in [-0.4, -0.2) is 14.7 Å². The third kappa shape index (κ3) is 6.16. The van der Waals surface area contributed by atoms with Crippen molar-refractivity contribution in [1.82, 2.24) is 9.55 Å². The van der Waals surface area contributed by atoms with Gasteiger partial charge in [-0.05, 0) is 58.4 Å². The van der Waals surface area contributed by atoms with Gasteiger partial charge in [0.15, 0.2) is 0 Å². The Balaban J connectivity index is 0.00000368. The number of phenols is 1. The van der Waals surface area contributed by atoms with Crippen molar-refractivity contribution in [2.45, 2.75) is 39.5 Å². The summed E-state index contributed by atoms with van der Waals surface area (Å²) in [5, 5.41) is 11.0. The summed E-state index contributed by atoms with van der Waals surface area (Å²) in [7, 11) is 0. The van der Waals surface area contributed by atoms with Crippen molar-refractivity contribution in [3.05, 3.63) is 139 Å². The minimum Gasteiger partial charge on any atom is -0.507 e. The van der Waals surface area contributed by atoms with Gasteiger partial charge >= 0.3 is 0 Å². The van der Waals surface area contributed by atoms with Crippen molar-refractivity contribution in [3.63, 3.8) is 0 Å². The molecule has 3 nitrogen and oxygen atoms in total. The number of para-hydroxylation sites is 1. The molecule has 0 fully saturated rings. The van der Waals surface area contributed by atoms with Crippen LogP contribution in [0.4, 0.5) is 0 Å². The molecule has 6 aromatic rings. The van der Waals surface area contributed by atoms with Crippen molar-refractivity contribution >= 4 is 0 Å². The maximum absolute atomic E-state index is 11.0. The van der Waals surface area contributed by atoms with Crippen molar-refractivity contribution < 1.29 is 27.5 Å². The molecule has 0 atom stereocenters. The second kappa shape index (κ2) is 13.0. The van der Waals surface area contributed by atoms with Gasteiger partial charge in [0.05, 0.1) is 11.3 Å². The molecule has 0 saturated heterocycles. The van der Waals surface area contributed by atoms with E-state index in [4.69, 9.17) is 4.98 Å². The third-order valence-electron chi connectivity index (χ3n) is 7.68. The van der Waals surface area contributed by atoms with E-state index in [0.29, 0.717) is 11.4 Å². The maximum Gasteiger partial charge on any atom is 0.140 e. The van der Waals surface area contributed by atoms with Crippen molar-refractivity contribution in [2.75, 3.05) is 0 Å². The van der Waals surface area contributed by atoms with Crippen LogP contribution in [0.3, 0.4) is 0 Å². The molecule has 0 amide bonds. The molecule has 219 valence electrons. The molecular weight excluding hydrogens is 709 g/mol. The molecular formula is C39H34AuN2O-2. The first-order valence-electron chi connectivity index (χ1n) is 14.5. The van der Waals surface area contributed by atoms with E-state index in [1.54, 1.807) is 6.07 Å². The van der Waals surface area contributed by atoms with E-state index in [9.17, 15) is 5.11 Å². The Morgan fingerprint density at radius 3 is 1.95 bits per heavy atom. The first kappa shape index (κ1) is 30.3. The van der Waals surface area contributed by atoms with Crippen molar-refractivity contribution in [1.29, 1.82) is 0 Å². The van der Waals surface area contributed by atoms with Gasteiger partial charge in [0.25, 0.3) is 0 Å². The fourth-order valence-corrected chi connectivity index (χ4v) is 5.51. The van der Waals surface area contributed by atoms with Gasteiger partial charge in [-0.15, -0.1) is 23.8 Å². The predicted molar refractivity (Wildman–Crippen MR) is 173 cm³/mol. The van der Waals surface area contributed by atoms with Gasteiger partial charge in [0, 0.05) is 34.3 Å². The van der Waals surface area contributed by atoms with E-state index in [2.05, 4.69) is 93.1 Å². The molecule has 0 unspecified atom stereocenters. The number of rotatable bonds is 7. The Morgan fingerprint density at radius 1 is 0.674 bits per heavy atom. The molecule has 0 aliphatic heterocycles. The molecule has 43 heavy (non-hydrogen) atoms. The van der Waals surface area contributed by atoms with Crippen LogP contribution in [0.2, 0.25) is 0 Å². The van der Waals surface area contributed by atoms with Crippen LogP contribution in [0.1, 0.15) is 50.7 Å². The van der Waals surface area contributed by atoms with Crippen LogP contribution >= 0.6 is 0 Å². The third-order valence-corrected chi connectivity index (χ3v) is 7.68. The normalized spacial score (nSPS) is 11.1. The number of hydrogen-bond acceptors (Lipinski definition) is 2. The smallest absolute Gasteiger partial charge is 0.140 e. The average Bonchev–Trinajstić information content (AvgIpc) is 3.46. The Morgan fingerprint density at radius 2 is 1.30 bits per heavy atom. The fourth-order valence-electron chi connectivity index (χ4n) is 5.51. The van der Waals surface area contributed by atoms with Crippen LogP contribution in [0.5, 0.6) is 5.75 Å². The monoisotopic (exact) mass is 743 g/mol. The minimum atomic E-state index is 0. The first-order chi connectivity index (χ1) is 20.4. The first-order valence-corrected chi connectivity index (χ1v) is 14.5. The number of aromatic hydroxyl groups is 1. The van der Waals surface area contributed by atoms with Gasteiger partial charge in [0.1, 0.15) is 11.6 Å². The van der Waals surface area contributed by atoms with Gasteiger partial charge in [-0.1, -0.05) is 70.2 Å². The van der Waals surface area contributed by atoms with E-state index in [0.717, 1.165) is 28.1 Å². The molecule has 1 radical (unpaired) electrons. The zero-order chi connectivity index (χ0) is 29.2.